The molecule has 3 atom stereocenters. The van der Waals surface area contributed by atoms with E-state index < -0.39 is 17.1 Å². The van der Waals surface area contributed by atoms with Gasteiger partial charge in [-0.2, -0.15) is 0 Å². The summed E-state index contributed by atoms with van der Waals surface area (Å²) in [6.45, 7) is 10.4. The van der Waals surface area contributed by atoms with Crippen molar-refractivity contribution in [3.05, 3.63) is 45.2 Å². The van der Waals surface area contributed by atoms with Crippen molar-refractivity contribution < 1.29 is 29.3 Å². The van der Waals surface area contributed by atoms with Crippen LogP contribution in [0.3, 0.4) is 0 Å². The Kier molecular flexibility index (Phi) is 4.44. The molecule has 4 rings (SSSR count). The number of ether oxygens (including phenoxy) is 2. The van der Waals surface area contributed by atoms with Crippen molar-refractivity contribution in [3.63, 3.8) is 0 Å². The number of carbonyl (C=O) groups excluding carboxylic acids is 2. The van der Waals surface area contributed by atoms with E-state index >= 15 is 0 Å². The van der Waals surface area contributed by atoms with E-state index in [2.05, 4.69) is 0 Å². The van der Waals surface area contributed by atoms with Gasteiger partial charge in [-0.15, -0.1) is 0 Å². The van der Waals surface area contributed by atoms with Gasteiger partial charge in [0, 0.05) is 17.5 Å². The Morgan fingerprint density at radius 3 is 2.53 bits per heavy atom. The van der Waals surface area contributed by atoms with Crippen LogP contribution in [0.5, 0.6) is 11.5 Å². The van der Waals surface area contributed by atoms with Gasteiger partial charge >= 0.3 is 0 Å². The molecule has 30 heavy (non-hydrogen) atoms. The Balaban J connectivity index is 2.05. The highest BCUT2D eigenvalue weighted by molar-refractivity contribution is 6.00. The molecule has 3 aliphatic rings. The fourth-order valence-electron chi connectivity index (χ4n) is 5.36. The zero-order chi connectivity index (χ0) is 22.2. The lowest BCUT2D eigenvalue weighted by Crippen LogP contribution is -2.67. The van der Waals surface area contributed by atoms with E-state index in [-0.39, 0.29) is 30.3 Å². The standard InChI is InChI=1S/C24H28O6/c1-11(25)7-17-13(3)20(26)15(5)22-18(17)9-23-10-29-12(2)8-19(23)14(4)21(27)16(6)24(23,28)30-22/h8,16,26,28H,7,9-10H2,1-6H3/t16-,23+,24+/m1/s1. The Hall–Kier alpha value is -2.60. The number of hydrogen-bond donors (Lipinski definition) is 2. The van der Waals surface area contributed by atoms with Gasteiger partial charge in [0.15, 0.2) is 5.78 Å². The SMILES string of the molecule is CC(=O)Cc1c(C)c(O)c(C)c2c1C[C@]13COC(C)=CC1=C(C)C(=O)[C@@H](C)[C@]3(O)O2. The number of hydrogen-bond acceptors (Lipinski definition) is 6. The van der Waals surface area contributed by atoms with Crippen LogP contribution in [-0.2, 0) is 27.2 Å². The minimum absolute atomic E-state index is 0.0309. The molecule has 6 nitrogen and oxygen atoms in total. The molecule has 0 unspecified atom stereocenters. The lowest BCUT2D eigenvalue weighted by molar-refractivity contribution is -0.259. The second-order valence-electron chi connectivity index (χ2n) is 8.99. The molecule has 2 aliphatic heterocycles. The largest absolute Gasteiger partial charge is 0.507 e. The number of aliphatic hydroxyl groups is 1. The zero-order valence-corrected chi connectivity index (χ0v) is 18.3. The molecule has 0 amide bonds. The van der Waals surface area contributed by atoms with Crippen LogP contribution >= 0.6 is 0 Å². The maximum atomic E-state index is 13.0. The average Bonchev–Trinajstić information content (AvgIpc) is 2.70. The van der Waals surface area contributed by atoms with E-state index in [4.69, 9.17) is 9.47 Å². The first-order chi connectivity index (χ1) is 13.9. The second-order valence-corrected chi connectivity index (χ2v) is 8.99. The van der Waals surface area contributed by atoms with Gasteiger partial charge in [-0.05, 0) is 76.3 Å². The van der Waals surface area contributed by atoms with Crippen molar-refractivity contribution >= 4 is 11.6 Å². The van der Waals surface area contributed by atoms with E-state index in [0.29, 0.717) is 40.2 Å². The summed E-state index contributed by atoms with van der Waals surface area (Å²) in [6, 6.07) is 0. The average molecular weight is 412 g/mol. The molecule has 6 heteroatoms. The monoisotopic (exact) mass is 412 g/mol. The van der Waals surface area contributed by atoms with Crippen LogP contribution in [0, 0.1) is 25.2 Å². The zero-order valence-electron chi connectivity index (χ0n) is 18.3. The van der Waals surface area contributed by atoms with E-state index in [9.17, 15) is 19.8 Å². The van der Waals surface area contributed by atoms with Crippen LogP contribution in [0.4, 0.5) is 0 Å². The summed E-state index contributed by atoms with van der Waals surface area (Å²) in [7, 11) is 0. The fraction of sp³-hybridized carbons (Fsp3) is 0.500. The quantitative estimate of drug-likeness (QED) is 0.775. The molecule has 0 fully saturated rings. The predicted octanol–water partition coefficient (Wildman–Crippen LogP) is 3.22. The number of fused-ring (bicyclic) bond motifs is 1. The van der Waals surface area contributed by atoms with Crippen molar-refractivity contribution in [3.8, 4) is 11.5 Å². The van der Waals surface area contributed by atoms with Crippen molar-refractivity contribution in [1.82, 2.24) is 0 Å². The fourth-order valence-corrected chi connectivity index (χ4v) is 5.36. The molecule has 0 bridgehead atoms. The first kappa shape index (κ1) is 20.7. The number of carbonyl (C=O) groups is 2. The van der Waals surface area contributed by atoms with Gasteiger partial charge in [0.05, 0.1) is 17.1 Å². The molecule has 0 saturated heterocycles. The molecule has 0 radical (unpaired) electrons. The summed E-state index contributed by atoms with van der Waals surface area (Å²) in [5.41, 5.74) is 2.96. The Morgan fingerprint density at radius 1 is 1.23 bits per heavy atom. The molecule has 1 aromatic carbocycles. The highest BCUT2D eigenvalue weighted by Gasteiger charge is 2.66. The maximum Gasteiger partial charge on any atom is 0.231 e. The van der Waals surface area contributed by atoms with E-state index in [1.54, 1.807) is 27.7 Å². The predicted molar refractivity (Wildman–Crippen MR) is 110 cm³/mol. The Bertz CT molecular complexity index is 1060. The lowest BCUT2D eigenvalue weighted by Gasteiger charge is -2.57. The number of phenols is 1. The van der Waals surface area contributed by atoms with E-state index in [0.717, 1.165) is 11.1 Å². The third kappa shape index (κ3) is 2.46. The number of phenolic OH excluding ortho intramolecular Hbond substituents is 1. The normalized spacial score (nSPS) is 29.9. The highest BCUT2D eigenvalue weighted by atomic mass is 16.6. The summed E-state index contributed by atoms with van der Waals surface area (Å²) in [5.74, 6) is -1.78. The first-order valence-electron chi connectivity index (χ1n) is 10.3. The van der Waals surface area contributed by atoms with Crippen LogP contribution < -0.4 is 4.74 Å². The van der Waals surface area contributed by atoms with Gasteiger partial charge in [-0.3, -0.25) is 9.59 Å². The Labute approximate surface area is 176 Å². The van der Waals surface area contributed by atoms with Gasteiger partial charge in [0.2, 0.25) is 5.79 Å². The van der Waals surface area contributed by atoms with Crippen LogP contribution in [0.15, 0.2) is 23.0 Å². The number of benzene rings is 1. The minimum Gasteiger partial charge on any atom is -0.507 e. The molecule has 1 spiro atoms. The number of ketones is 2. The number of allylic oxidation sites excluding steroid dienone is 3. The summed E-state index contributed by atoms with van der Waals surface area (Å²) in [5, 5.41) is 22.6. The lowest BCUT2D eigenvalue weighted by atomic mass is 9.57. The van der Waals surface area contributed by atoms with Crippen molar-refractivity contribution in [2.75, 3.05) is 6.61 Å². The van der Waals surface area contributed by atoms with Crippen LogP contribution in [0.2, 0.25) is 0 Å². The summed E-state index contributed by atoms with van der Waals surface area (Å²) in [6.07, 6.45) is 2.31. The smallest absolute Gasteiger partial charge is 0.231 e. The molecule has 2 N–H and O–H groups in total. The van der Waals surface area contributed by atoms with Crippen LogP contribution in [-0.4, -0.2) is 34.2 Å². The summed E-state index contributed by atoms with van der Waals surface area (Å²) >= 11 is 0. The van der Waals surface area contributed by atoms with Crippen molar-refractivity contribution in [1.29, 1.82) is 0 Å². The van der Waals surface area contributed by atoms with Gasteiger partial charge in [0.25, 0.3) is 0 Å². The van der Waals surface area contributed by atoms with E-state index in [1.807, 2.05) is 13.0 Å². The highest BCUT2D eigenvalue weighted by Crippen LogP contribution is 2.59. The minimum atomic E-state index is -1.83. The number of aromatic hydroxyl groups is 1. The van der Waals surface area contributed by atoms with Crippen molar-refractivity contribution in [2.24, 2.45) is 11.3 Å². The summed E-state index contributed by atoms with van der Waals surface area (Å²) < 4.78 is 12.1. The van der Waals surface area contributed by atoms with E-state index in [1.165, 1.54) is 6.92 Å². The van der Waals surface area contributed by atoms with Crippen molar-refractivity contribution in [2.45, 2.75) is 60.2 Å². The first-order valence-corrected chi connectivity index (χ1v) is 10.3. The third-order valence-corrected chi connectivity index (χ3v) is 7.15. The molecular formula is C24H28O6. The van der Waals surface area contributed by atoms with Crippen LogP contribution in [0.1, 0.15) is 49.9 Å². The molecule has 2 heterocycles. The van der Waals surface area contributed by atoms with Gasteiger partial charge in [-0.1, -0.05) is 0 Å². The van der Waals surface area contributed by atoms with Gasteiger partial charge < -0.3 is 19.7 Å². The topological polar surface area (TPSA) is 93.1 Å². The van der Waals surface area contributed by atoms with Gasteiger partial charge in [-0.25, -0.2) is 0 Å². The Morgan fingerprint density at radius 2 is 1.90 bits per heavy atom. The molecule has 0 saturated carbocycles. The third-order valence-electron chi connectivity index (χ3n) is 7.15. The molecule has 0 aromatic heterocycles. The molecule has 160 valence electrons. The maximum absolute atomic E-state index is 13.0. The van der Waals surface area contributed by atoms with Gasteiger partial charge in [0.1, 0.15) is 23.9 Å². The number of rotatable bonds is 2. The second kappa shape index (κ2) is 6.45. The number of Topliss-reactive ketones (excluding diaryl/α,β-unsaturated/α-hetero) is 2. The van der Waals surface area contributed by atoms with Crippen LogP contribution in [0.25, 0.3) is 0 Å². The molecular weight excluding hydrogens is 384 g/mol. The molecule has 1 aliphatic carbocycles. The molecule has 1 aromatic rings. The summed E-state index contributed by atoms with van der Waals surface area (Å²) in [4.78, 5) is 25.0.